The van der Waals surface area contributed by atoms with Gasteiger partial charge in [-0.1, -0.05) is 26.0 Å². The predicted molar refractivity (Wildman–Crippen MR) is 123 cm³/mol. The number of hydrogen-bond donors (Lipinski definition) is 2. The fourth-order valence-corrected chi connectivity index (χ4v) is 3.13. The van der Waals surface area contributed by atoms with E-state index in [2.05, 4.69) is 10.6 Å². The Morgan fingerprint density at radius 1 is 1.03 bits per heavy atom. The molecule has 0 aliphatic heterocycles. The first-order chi connectivity index (χ1) is 16.1. The Morgan fingerprint density at radius 3 is 2.35 bits per heavy atom. The minimum absolute atomic E-state index is 0.0567. The molecular formula is C25H29FN2O6. The second-order valence-electron chi connectivity index (χ2n) is 8.02. The molecule has 0 aliphatic carbocycles. The van der Waals surface area contributed by atoms with Gasteiger partial charge in [0.15, 0.2) is 23.1 Å². The Labute approximate surface area is 197 Å². The fraction of sp³-hybridized carbons (Fsp3) is 0.360. The van der Waals surface area contributed by atoms with E-state index in [1.54, 1.807) is 38.1 Å². The van der Waals surface area contributed by atoms with Crippen LogP contribution >= 0.6 is 0 Å². The molecule has 0 heterocycles. The van der Waals surface area contributed by atoms with Crippen molar-refractivity contribution in [3.05, 3.63) is 59.4 Å². The number of rotatable bonds is 12. The highest BCUT2D eigenvalue weighted by atomic mass is 19.1. The van der Waals surface area contributed by atoms with Crippen LogP contribution in [0.5, 0.6) is 11.5 Å². The van der Waals surface area contributed by atoms with Crippen molar-refractivity contribution in [1.82, 2.24) is 10.6 Å². The van der Waals surface area contributed by atoms with Gasteiger partial charge in [-0.2, -0.15) is 0 Å². The number of ether oxygens (including phenoxy) is 2. The molecule has 0 saturated carbocycles. The first kappa shape index (κ1) is 26.5. The fourth-order valence-electron chi connectivity index (χ4n) is 3.13. The van der Waals surface area contributed by atoms with Crippen LogP contribution in [0.25, 0.3) is 0 Å². The Hall–Kier alpha value is -3.75. The molecule has 34 heavy (non-hydrogen) atoms. The van der Waals surface area contributed by atoms with Crippen molar-refractivity contribution in [3.8, 4) is 11.5 Å². The summed E-state index contributed by atoms with van der Waals surface area (Å²) >= 11 is 0. The number of hydrogen-bond acceptors (Lipinski definition) is 6. The van der Waals surface area contributed by atoms with Gasteiger partial charge in [-0.05, 0) is 43.2 Å². The maximum atomic E-state index is 13.6. The summed E-state index contributed by atoms with van der Waals surface area (Å²) in [5.41, 5.74) is 0.953. The van der Waals surface area contributed by atoms with Gasteiger partial charge in [0.1, 0.15) is 18.4 Å². The molecule has 2 aromatic rings. The summed E-state index contributed by atoms with van der Waals surface area (Å²) in [6, 6.07) is 9.60. The number of methoxy groups -OCH3 is 1. The van der Waals surface area contributed by atoms with Crippen molar-refractivity contribution < 1.29 is 33.0 Å². The van der Waals surface area contributed by atoms with Crippen molar-refractivity contribution in [2.24, 2.45) is 5.92 Å². The van der Waals surface area contributed by atoms with Gasteiger partial charge in [0.05, 0.1) is 20.1 Å². The number of nitrogens with one attached hydrogen (secondary N) is 2. The summed E-state index contributed by atoms with van der Waals surface area (Å²) in [7, 11) is 1.46. The SMILES string of the molecule is COc1ccc(C(C)=O)cc1CC(=O)N[C@H](C(=O)NCC(=O)COc1ccccc1F)C(C)C. The zero-order valence-electron chi connectivity index (χ0n) is 19.6. The summed E-state index contributed by atoms with van der Waals surface area (Å²) in [4.78, 5) is 49.0. The molecule has 2 amide bonds. The van der Waals surface area contributed by atoms with Gasteiger partial charge >= 0.3 is 0 Å². The van der Waals surface area contributed by atoms with Gasteiger partial charge in [-0.15, -0.1) is 0 Å². The van der Waals surface area contributed by atoms with Crippen molar-refractivity contribution in [2.75, 3.05) is 20.3 Å². The standard InChI is InChI=1S/C25H29FN2O6/c1-15(2)24(25(32)27-13-19(30)14-34-22-8-6-5-7-20(22)26)28-23(31)12-18-11-17(16(3)29)9-10-21(18)33-4/h5-11,15,24H,12-14H2,1-4H3,(H,27,32)(H,28,31)/t24-/m0/s1. The van der Waals surface area contributed by atoms with E-state index in [1.165, 1.54) is 32.2 Å². The van der Waals surface area contributed by atoms with Crippen molar-refractivity contribution in [1.29, 1.82) is 0 Å². The molecule has 0 spiro atoms. The van der Waals surface area contributed by atoms with Crippen LogP contribution in [0.2, 0.25) is 0 Å². The van der Waals surface area contributed by atoms with E-state index in [4.69, 9.17) is 9.47 Å². The van der Waals surface area contributed by atoms with E-state index in [-0.39, 0.29) is 30.4 Å². The zero-order chi connectivity index (χ0) is 25.3. The Kier molecular flexibility index (Phi) is 9.73. The third-order valence-corrected chi connectivity index (χ3v) is 4.99. The number of carbonyl (C=O) groups excluding carboxylic acids is 4. The molecule has 0 aliphatic rings. The Morgan fingerprint density at radius 2 is 1.74 bits per heavy atom. The largest absolute Gasteiger partial charge is 0.496 e. The highest BCUT2D eigenvalue weighted by Gasteiger charge is 2.25. The third kappa shape index (κ3) is 7.68. The van der Waals surface area contributed by atoms with Crippen LogP contribution in [0, 0.1) is 11.7 Å². The summed E-state index contributed by atoms with van der Waals surface area (Å²) in [5.74, 6) is -2.05. The number of Topliss-reactive ketones (excluding diaryl/α,β-unsaturated/α-hetero) is 2. The van der Waals surface area contributed by atoms with E-state index >= 15 is 0 Å². The van der Waals surface area contributed by atoms with E-state index in [1.807, 2.05) is 0 Å². The molecule has 182 valence electrons. The summed E-state index contributed by atoms with van der Waals surface area (Å²) < 4.78 is 24.0. The maximum absolute atomic E-state index is 13.6. The van der Waals surface area contributed by atoms with Gasteiger partial charge in [-0.25, -0.2) is 4.39 Å². The predicted octanol–water partition coefficient (Wildman–Crippen LogP) is 2.48. The van der Waals surface area contributed by atoms with Crippen LogP contribution in [0.15, 0.2) is 42.5 Å². The number of benzene rings is 2. The summed E-state index contributed by atoms with van der Waals surface area (Å²) in [6.07, 6.45) is -0.101. The third-order valence-electron chi connectivity index (χ3n) is 4.99. The first-order valence-electron chi connectivity index (χ1n) is 10.8. The van der Waals surface area contributed by atoms with Crippen LogP contribution < -0.4 is 20.1 Å². The number of ketones is 2. The lowest BCUT2D eigenvalue weighted by Gasteiger charge is -2.22. The van der Waals surface area contributed by atoms with Crippen LogP contribution in [0.4, 0.5) is 4.39 Å². The van der Waals surface area contributed by atoms with Gasteiger partial charge < -0.3 is 20.1 Å². The van der Waals surface area contributed by atoms with E-state index in [9.17, 15) is 23.6 Å². The smallest absolute Gasteiger partial charge is 0.243 e. The first-order valence-corrected chi connectivity index (χ1v) is 10.8. The lowest BCUT2D eigenvalue weighted by molar-refractivity contribution is -0.131. The van der Waals surface area contributed by atoms with E-state index in [0.29, 0.717) is 16.9 Å². The Bertz CT molecular complexity index is 1050. The molecule has 0 bridgehead atoms. The van der Waals surface area contributed by atoms with Crippen molar-refractivity contribution in [2.45, 2.75) is 33.2 Å². The number of halogens is 1. The second kappa shape index (κ2) is 12.5. The molecule has 9 heteroatoms. The molecule has 1 atom stereocenters. The maximum Gasteiger partial charge on any atom is 0.243 e. The lowest BCUT2D eigenvalue weighted by Crippen LogP contribution is -2.51. The normalized spacial score (nSPS) is 11.5. The summed E-state index contributed by atoms with van der Waals surface area (Å²) in [6.45, 7) is 4.19. The second-order valence-corrected chi connectivity index (χ2v) is 8.02. The minimum atomic E-state index is -0.894. The molecule has 0 radical (unpaired) electrons. The highest BCUT2D eigenvalue weighted by molar-refractivity contribution is 5.95. The molecule has 0 saturated heterocycles. The molecule has 0 fully saturated rings. The summed E-state index contributed by atoms with van der Waals surface area (Å²) in [5, 5.41) is 5.15. The van der Waals surface area contributed by atoms with Gasteiger partial charge in [0.25, 0.3) is 0 Å². The average Bonchev–Trinajstić information content (AvgIpc) is 2.80. The van der Waals surface area contributed by atoms with Crippen LogP contribution in [-0.2, 0) is 20.8 Å². The molecule has 2 aromatic carbocycles. The van der Waals surface area contributed by atoms with Crippen LogP contribution in [0.3, 0.4) is 0 Å². The zero-order valence-corrected chi connectivity index (χ0v) is 19.6. The molecule has 8 nitrogen and oxygen atoms in total. The number of para-hydroxylation sites is 1. The molecule has 0 aromatic heterocycles. The average molecular weight is 473 g/mol. The van der Waals surface area contributed by atoms with Gasteiger partial charge in [-0.3, -0.25) is 19.2 Å². The molecule has 2 rings (SSSR count). The number of carbonyl (C=O) groups is 4. The Balaban J connectivity index is 1.94. The minimum Gasteiger partial charge on any atom is -0.496 e. The highest BCUT2D eigenvalue weighted by Crippen LogP contribution is 2.21. The van der Waals surface area contributed by atoms with E-state index in [0.717, 1.165) is 0 Å². The van der Waals surface area contributed by atoms with E-state index < -0.39 is 36.1 Å². The monoisotopic (exact) mass is 472 g/mol. The number of amides is 2. The lowest BCUT2D eigenvalue weighted by atomic mass is 10.0. The van der Waals surface area contributed by atoms with Gasteiger partial charge in [0, 0.05) is 11.1 Å². The quantitative estimate of drug-likeness (QED) is 0.459. The van der Waals surface area contributed by atoms with Crippen LogP contribution in [-0.4, -0.2) is 49.7 Å². The molecular weight excluding hydrogens is 443 g/mol. The molecule has 0 unspecified atom stereocenters. The van der Waals surface area contributed by atoms with Crippen molar-refractivity contribution in [3.63, 3.8) is 0 Å². The van der Waals surface area contributed by atoms with Crippen molar-refractivity contribution >= 4 is 23.4 Å². The van der Waals surface area contributed by atoms with Gasteiger partial charge in [0.2, 0.25) is 11.8 Å². The van der Waals surface area contributed by atoms with Crippen LogP contribution in [0.1, 0.15) is 36.7 Å². The molecule has 2 N–H and O–H groups in total. The topological polar surface area (TPSA) is 111 Å².